The zero-order valence-electron chi connectivity index (χ0n) is 13.2. The Labute approximate surface area is 142 Å². The Bertz CT molecular complexity index is 697. The highest BCUT2D eigenvalue weighted by Crippen LogP contribution is 2.31. The molecule has 2 aromatic carbocycles. The standard InChI is InChI=1S/C19H21ClN2O/c1-2-18(14-5-3-6-15(20)11-14)21-16-7-4-8-17(12-16)22-19(23)13-9-10-13/h3-8,11-13,18,21H,2,9-10H2,1H3,(H,22,23). The summed E-state index contributed by atoms with van der Waals surface area (Å²) in [6.07, 6.45) is 2.96. The van der Waals surface area contributed by atoms with Gasteiger partial charge in [0.15, 0.2) is 0 Å². The van der Waals surface area contributed by atoms with Crippen molar-refractivity contribution in [1.29, 1.82) is 0 Å². The molecule has 1 unspecified atom stereocenters. The van der Waals surface area contributed by atoms with Gasteiger partial charge in [0.2, 0.25) is 5.91 Å². The van der Waals surface area contributed by atoms with Crippen molar-refractivity contribution in [3.8, 4) is 0 Å². The SMILES string of the molecule is CCC(Nc1cccc(NC(=O)C2CC2)c1)c1cccc(Cl)c1. The highest BCUT2D eigenvalue weighted by Gasteiger charge is 2.29. The summed E-state index contributed by atoms with van der Waals surface area (Å²) < 4.78 is 0. The Morgan fingerprint density at radius 1 is 1.17 bits per heavy atom. The number of halogens is 1. The van der Waals surface area contributed by atoms with Crippen LogP contribution in [-0.2, 0) is 4.79 Å². The first-order valence-electron chi connectivity index (χ1n) is 8.08. The molecule has 0 radical (unpaired) electrons. The van der Waals surface area contributed by atoms with Gasteiger partial charge in [-0.3, -0.25) is 4.79 Å². The van der Waals surface area contributed by atoms with Crippen LogP contribution in [0.15, 0.2) is 48.5 Å². The zero-order chi connectivity index (χ0) is 16.2. The number of hydrogen-bond donors (Lipinski definition) is 2. The van der Waals surface area contributed by atoms with Crippen LogP contribution in [0.25, 0.3) is 0 Å². The second-order valence-electron chi connectivity index (χ2n) is 6.00. The van der Waals surface area contributed by atoms with E-state index in [1.807, 2.05) is 42.5 Å². The molecule has 0 bridgehead atoms. The minimum Gasteiger partial charge on any atom is -0.378 e. The van der Waals surface area contributed by atoms with Crippen LogP contribution in [0.2, 0.25) is 5.02 Å². The molecule has 23 heavy (non-hydrogen) atoms. The van der Waals surface area contributed by atoms with Crippen LogP contribution in [0.4, 0.5) is 11.4 Å². The van der Waals surface area contributed by atoms with Crippen molar-refractivity contribution in [2.24, 2.45) is 5.92 Å². The van der Waals surface area contributed by atoms with Crippen LogP contribution in [0.3, 0.4) is 0 Å². The van der Waals surface area contributed by atoms with Crippen molar-refractivity contribution in [1.82, 2.24) is 0 Å². The van der Waals surface area contributed by atoms with Gasteiger partial charge in [-0.05, 0) is 55.2 Å². The molecular weight excluding hydrogens is 308 g/mol. The van der Waals surface area contributed by atoms with Gasteiger partial charge in [-0.1, -0.05) is 36.7 Å². The molecule has 0 aliphatic heterocycles. The summed E-state index contributed by atoms with van der Waals surface area (Å²) in [6, 6.07) is 16.0. The first-order chi connectivity index (χ1) is 11.2. The topological polar surface area (TPSA) is 41.1 Å². The van der Waals surface area contributed by atoms with Gasteiger partial charge in [-0.25, -0.2) is 0 Å². The van der Waals surface area contributed by atoms with Gasteiger partial charge in [0.05, 0.1) is 6.04 Å². The number of carbonyl (C=O) groups is 1. The molecule has 1 aliphatic carbocycles. The molecule has 0 saturated heterocycles. The third-order valence-corrected chi connectivity index (χ3v) is 4.31. The number of benzene rings is 2. The lowest BCUT2D eigenvalue weighted by atomic mass is 10.0. The first-order valence-corrected chi connectivity index (χ1v) is 8.46. The predicted molar refractivity (Wildman–Crippen MR) is 95.9 cm³/mol. The van der Waals surface area contributed by atoms with Gasteiger partial charge in [0.1, 0.15) is 0 Å². The number of amides is 1. The lowest BCUT2D eigenvalue weighted by Crippen LogP contribution is -2.14. The molecule has 0 aromatic heterocycles. The summed E-state index contributed by atoms with van der Waals surface area (Å²) in [5, 5.41) is 7.25. The maximum absolute atomic E-state index is 11.9. The normalized spacial score (nSPS) is 15.0. The maximum Gasteiger partial charge on any atom is 0.227 e. The third kappa shape index (κ3) is 4.26. The highest BCUT2D eigenvalue weighted by atomic mass is 35.5. The number of carbonyl (C=O) groups excluding carboxylic acids is 1. The number of anilines is 2. The van der Waals surface area contributed by atoms with Crippen molar-refractivity contribution in [2.75, 3.05) is 10.6 Å². The number of nitrogens with one attached hydrogen (secondary N) is 2. The molecule has 1 aliphatic rings. The Morgan fingerprint density at radius 2 is 1.91 bits per heavy atom. The van der Waals surface area contributed by atoms with E-state index in [9.17, 15) is 4.79 Å². The molecule has 1 fully saturated rings. The van der Waals surface area contributed by atoms with E-state index in [1.165, 1.54) is 0 Å². The van der Waals surface area contributed by atoms with Crippen LogP contribution >= 0.6 is 11.6 Å². The quantitative estimate of drug-likeness (QED) is 0.760. The Balaban J connectivity index is 1.71. The lowest BCUT2D eigenvalue weighted by molar-refractivity contribution is -0.117. The average molecular weight is 329 g/mol. The van der Waals surface area contributed by atoms with Crippen molar-refractivity contribution in [3.63, 3.8) is 0 Å². The molecule has 4 heteroatoms. The largest absolute Gasteiger partial charge is 0.378 e. The molecule has 1 amide bonds. The Kier molecular flexibility index (Phi) is 4.87. The first kappa shape index (κ1) is 15.9. The molecule has 3 nitrogen and oxygen atoms in total. The van der Waals surface area contributed by atoms with Crippen molar-refractivity contribution >= 4 is 28.9 Å². The zero-order valence-corrected chi connectivity index (χ0v) is 13.9. The maximum atomic E-state index is 11.9. The summed E-state index contributed by atoms with van der Waals surface area (Å²) in [5.74, 6) is 0.338. The van der Waals surface area contributed by atoms with E-state index in [0.717, 1.165) is 41.2 Å². The van der Waals surface area contributed by atoms with E-state index in [0.29, 0.717) is 0 Å². The van der Waals surface area contributed by atoms with Crippen molar-refractivity contribution in [2.45, 2.75) is 32.2 Å². The minimum absolute atomic E-state index is 0.129. The van der Waals surface area contributed by atoms with Crippen LogP contribution < -0.4 is 10.6 Å². The smallest absolute Gasteiger partial charge is 0.227 e. The monoisotopic (exact) mass is 328 g/mol. The number of hydrogen-bond acceptors (Lipinski definition) is 2. The molecule has 1 atom stereocenters. The Morgan fingerprint density at radius 3 is 2.61 bits per heavy atom. The van der Waals surface area contributed by atoms with Crippen LogP contribution in [0, 0.1) is 5.92 Å². The number of rotatable bonds is 6. The fraction of sp³-hybridized carbons (Fsp3) is 0.316. The second-order valence-corrected chi connectivity index (χ2v) is 6.44. The van der Waals surface area contributed by atoms with E-state index in [-0.39, 0.29) is 17.9 Å². The molecular formula is C19H21ClN2O. The fourth-order valence-electron chi connectivity index (χ4n) is 2.62. The summed E-state index contributed by atoms with van der Waals surface area (Å²) in [5.41, 5.74) is 2.99. The van der Waals surface area contributed by atoms with E-state index in [4.69, 9.17) is 11.6 Å². The fourth-order valence-corrected chi connectivity index (χ4v) is 2.82. The van der Waals surface area contributed by atoms with Gasteiger partial charge in [-0.15, -0.1) is 0 Å². The minimum atomic E-state index is 0.129. The van der Waals surface area contributed by atoms with E-state index >= 15 is 0 Å². The molecule has 2 N–H and O–H groups in total. The van der Waals surface area contributed by atoms with Gasteiger partial charge in [0, 0.05) is 22.3 Å². The summed E-state index contributed by atoms with van der Waals surface area (Å²) in [6.45, 7) is 2.14. The molecule has 1 saturated carbocycles. The van der Waals surface area contributed by atoms with Crippen LogP contribution in [0.1, 0.15) is 37.8 Å². The molecule has 3 rings (SSSR count). The van der Waals surface area contributed by atoms with Gasteiger partial charge < -0.3 is 10.6 Å². The highest BCUT2D eigenvalue weighted by molar-refractivity contribution is 6.30. The van der Waals surface area contributed by atoms with Gasteiger partial charge in [-0.2, -0.15) is 0 Å². The summed E-state index contributed by atoms with van der Waals surface area (Å²) >= 11 is 6.09. The lowest BCUT2D eigenvalue weighted by Gasteiger charge is -2.19. The van der Waals surface area contributed by atoms with Crippen LogP contribution in [-0.4, -0.2) is 5.91 Å². The Hall–Kier alpha value is -2.00. The molecule has 0 heterocycles. The predicted octanol–water partition coefficient (Wildman–Crippen LogP) is 5.25. The second kappa shape index (κ2) is 7.05. The van der Waals surface area contributed by atoms with E-state index in [1.54, 1.807) is 0 Å². The van der Waals surface area contributed by atoms with Crippen LogP contribution in [0.5, 0.6) is 0 Å². The summed E-state index contributed by atoms with van der Waals surface area (Å²) in [4.78, 5) is 11.9. The van der Waals surface area contributed by atoms with Gasteiger partial charge >= 0.3 is 0 Å². The van der Waals surface area contributed by atoms with E-state index in [2.05, 4.69) is 23.6 Å². The molecule has 0 spiro atoms. The van der Waals surface area contributed by atoms with Crippen molar-refractivity contribution in [3.05, 3.63) is 59.1 Å². The molecule has 120 valence electrons. The van der Waals surface area contributed by atoms with E-state index < -0.39 is 0 Å². The third-order valence-electron chi connectivity index (χ3n) is 4.08. The summed E-state index contributed by atoms with van der Waals surface area (Å²) in [7, 11) is 0. The van der Waals surface area contributed by atoms with Gasteiger partial charge in [0.25, 0.3) is 0 Å². The molecule has 2 aromatic rings. The average Bonchev–Trinajstić information content (AvgIpc) is 3.38. The van der Waals surface area contributed by atoms with Crippen molar-refractivity contribution < 1.29 is 4.79 Å².